The van der Waals surface area contributed by atoms with E-state index < -0.39 is 11.9 Å². The topological polar surface area (TPSA) is 55.4 Å². The zero-order chi connectivity index (χ0) is 16.7. The number of carbonyl (C=O) groups is 2. The van der Waals surface area contributed by atoms with Crippen LogP contribution in [0.25, 0.3) is 0 Å². The molecule has 0 aliphatic heterocycles. The molecule has 1 amide bonds. The lowest BCUT2D eigenvalue weighted by atomic mass is 10.1. The van der Waals surface area contributed by atoms with Crippen molar-refractivity contribution in [3.63, 3.8) is 0 Å². The molecule has 1 N–H and O–H groups in total. The Hall–Kier alpha value is -2.69. The Morgan fingerprint density at radius 3 is 2.52 bits per heavy atom. The fourth-order valence-electron chi connectivity index (χ4n) is 2.03. The lowest BCUT2D eigenvalue weighted by Gasteiger charge is -2.08. The molecular formula is C18H18FNO3. The molecule has 2 aromatic carbocycles. The molecule has 0 aromatic heterocycles. The monoisotopic (exact) mass is 315 g/mol. The number of hydrogen-bond donors (Lipinski definition) is 1. The molecule has 0 unspecified atom stereocenters. The number of amides is 1. The molecule has 2 aromatic rings. The van der Waals surface area contributed by atoms with Gasteiger partial charge < -0.3 is 10.1 Å². The predicted octanol–water partition coefficient (Wildman–Crippen LogP) is 3.11. The SMILES string of the molecule is CCc1cccc(NC(=O)COC(=O)Cc2ccc(F)cc2)c1. The first-order chi connectivity index (χ1) is 11.1. The summed E-state index contributed by atoms with van der Waals surface area (Å²) in [6, 6.07) is 13.0. The van der Waals surface area contributed by atoms with E-state index in [1.807, 2.05) is 25.1 Å². The van der Waals surface area contributed by atoms with Gasteiger partial charge in [-0.15, -0.1) is 0 Å². The van der Waals surface area contributed by atoms with Gasteiger partial charge in [0.05, 0.1) is 6.42 Å². The van der Waals surface area contributed by atoms with Crippen LogP contribution in [0.4, 0.5) is 10.1 Å². The number of anilines is 1. The van der Waals surface area contributed by atoms with E-state index in [1.165, 1.54) is 24.3 Å². The van der Waals surface area contributed by atoms with Crippen LogP contribution in [0.15, 0.2) is 48.5 Å². The van der Waals surface area contributed by atoms with Gasteiger partial charge in [0, 0.05) is 5.69 Å². The van der Waals surface area contributed by atoms with Crippen molar-refractivity contribution in [2.24, 2.45) is 0 Å². The third-order valence-corrected chi connectivity index (χ3v) is 3.24. The standard InChI is InChI=1S/C18H18FNO3/c1-2-13-4-3-5-16(10-13)20-17(21)12-23-18(22)11-14-6-8-15(19)9-7-14/h3-10H,2,11-12H2,1H3,(H,20,21). The minimum atomic E-state index is -0.533. The molecule has 0 heterocycles. The van der Waals surface area contributed by atoms with Crippen molar-refractivity contribution in [1.82, 2.24) is 0 Å². The van der Waals surface area contributed by atoms with Crippen molar-refractivity contribution in [2.45, 2.75) is 19.8 Å². The molecule has 0 spiro atoms. The van der Waals surface area contributed by atoms with E-state index in [1.54, 1.807) is 6.07 Å². The number of rotatable bonds is 6. The van der Waals surface area contributed by atoms with Crippen LogP contribution in [0, 0.1) is 5.82 Å². The van der Waals surface area contributed by atoms with Gasteiger partial charge in [0.1, 0.15) is 5.82 Å². The van der Waals surface area contributed by atoms with Crippen molar-refractivity contribution >= 4 is 17.6 Å². The van der Waals surface area contributed by atoms with Crippen LogP contribution in [0.3, 0.4) is 0 Å². The highest BCUT2D eigenvalue weighted by Gasteiger charge is 2.09. The van der Waals surface area contributed by atoms with Crippen LogP contribution < -0.4 is 5.32 Å². The second-order valence-electron chi connectivity index (χ2n) is 5.07. The van der Waals surface area contributed by atoms with Crippen LogP contribution in [0.2, 0.25) is 0 Å². The summed E-state index contributed by atoms with van der Waals surface area (Å²) in [6.45, 7) is 1.68. The molecule has 0 radical (unpaired) electrons. The molecular weight excluding hydrogens is 297 g/mol. The van der Waals surface area contributed by atoms with Gasteiger partial charge in [0.25, 0.3) is 5.91 Å². The van der Waals surface area contributed by atoms with Gasteiger partial charge in [-0.25, -0.2) is 4.39 Å². The van der Waals surface area contributed by atoms with Crippen molar-refractivity contribution < 1.29 is 18.7 Å². The number of ether oxygens (including phenoxy) is 1. The molecule has 0 aliphatic rings. The normalized spacial score (nSPS) is 10.2. The Morgan fingerprint density at radius 1 is 1.09 bits per heavy atom. The van der Waals surface area contributed by atoms with Gasteiger partial charge in [-0.05, 0) is 41.8 Å². The summed E-state index contributed by atoms with van der Waals surface area (Å²) in [5.41, 5.74) is 2.41. The summed E-state index contributed by atoms with van der Waals surface area (Å²) in [6.07, 6.45) is 0.870. The third kappa shape index (κ3) is 5.54. The van der Waals surface area contributed by atoms with Crippen LogP contribution in [-0.4, -0.2) is 18.5 Å². The molecule has 0 aliphatic carbocycles. The van der Waals surface area contributed by atoms with E-state index in [9.17, 15) is 14.0 Å². The highest BCUT2D eigenvalue weighted by Crippen LogP contribution is 2.11. The summed E-state index contributed by atoms with van der Waals surface area (Å²) < 4.78 is 17.7. The van der Waals surface area contributed by atoms with E-state index in [2.05, 4.69) is 5.32 Å². The summed E-state index contributed by atoms with van der Waals surface area (Å²) in [7, 11) is 0. The third-order valence-electron chi connectivity index (χ3n) is 3.24. The lowest BCUT2D eigenvalue weighted by Crippen LogP contribution is -2.21. The average molecular weight is 315 g/mol. The first-order valence-corrected chi connectivity index (χ1v) is 7.35. The molecule has 4 nitrogen and oxygen atoms in total. The molecule has 120 valence electrons. The molecule has 0 fully saturated rings. The summed E-state index contributed by atoms with van der Waals surface area (Å²) in [5.74, 6) is -1.30. The summed E-state index contributed by atoms with van der Waals surface area (Å²) >= 11 is 0. The zero-order valence-electron chi connectivity index (χ0n) is 12.8. The van der Waals surface area contributed by atoms with Crippen molar-refractivity contribution in [2.75, 3.05) is 11.9 Å². The molecule has 5 heteroatoms. The van der Waals surface area contributed by atoms with Crippen molar-refractivity contribution in [1.29, 1.82) is 0 Å². The molecule has 0 atom stereocenters. The maximum absolute atomic E-state index is 12.8. The largest absolute Gasteiger partial charge is 0.455 e. The van der Waals surface area contributed by atoms with Gasteiger partial charge in [-0.3, -0.25) is 9.59 Å². The van der Waals surface area contributed by atoms with Gasteiger partial charge in [-0.2, -0.15) is 0 Å². The molecule has 0 saturated heterocycles. The Balaban J connectivity index is 1.79. The van der Waals surface area contributed by atoms with Crippen LogP contribution in [-0.2, 0) is 27.2 Å². The zero-order valence-corrected chi connectivity index (χ0v) is 12.8. The van der Waals surface area contributed by atoms with Gasteiger partial charge in [0.2, 0.25) is 0 Å². The molecule has 2 rings (SSSR count). The number of esters is 1. The van der Waals surface area contributed by atoms with Crippen molar-refractivity contribution in [3.05, 3.63) is 65.5 Å². The van der Waals surface area contributed by atoms with Crippen LogP contribution in [0.1, 0.15) is 18.1 Å². The van der Waals surface area contributed by atoms with Crippen LogP contribution >= 0.6 is 0 Å². The number of benzene rings is 2. The highest BCUT2D eigenvalue weighted by molar-refractivity contribution is 5.92. The quantitative estimate of drug-likeness (QED) is 0.833. The smallest absolute Gasteiger partial charge is 0.310 e. The van der Waals surface area contributed by atoms with Crippen molar-refractivity contribution in [3.8, 4) is 0 Å². The van der Waals surface area contributed by atoms with E-state index in [4.69, 9.17) is 4.74 Å². The number of carbonyl (C=O) groups excluding carboxylic acids is 2. The second-order valence-corrected chi connectivity index (χ2v) is 5.07. The fourth-order valence-corrected chi connectivity index (χ4v) is 2.03. The first-order valence-electron chi connectivity index (χ1n) is 7.35. The number of hydrogen-bond acceptors (Lipinski definition) is 3. The predicted molar refractivity (Wildman–Crippen MR) is 85.5 cm³/mol. The Bertz CT molecular complexity index is 683. The number of halogens is 1. The molecule has 0 saturated carbocycles. The van der Waals surface area contributed by atoms with E-state index in [0.29, 0.717) is 11.3 Å². The fraction of sp³-hybridized carbons (Fsp3) is 0.222. The van der Waals surface area contributed by atoms with Gasteiger partial charge in [0.15, 0.2) is 6.61 Å². The maximum atomic E-state index is 12.8. The molecule has 23 heavy (non-hydrogen) atoms. The lowest BCUT2D eigenvalue weighted by molar-refractivity contribution is -0.146. The van der Waals surface area contributed by atoms with E-state index in [0.717, 1.165) is 12.0 Å². The number of nitrogens with one attached hydrogen (secondary N) is 1. The Labute approximate surface area is 134 Å². The Kier molecular flexibility index (Phi) is 5.86. The van der Waals surface area contributed by atoms with E-state index >= 15 is 0 Å². The average Bonchev–Trinajstić information content (AvgIpc) is 2.55. The maximum Gasteiger partial charge on any atom is 0.310 e. The number of aryl methyl sites for hydroxylation is 1. The van der Waals surface area contributed by atoms with Gasteiger partial charge in [-0.1, -0.05) is 31.2 Å². The van der Waals surface area contributed by atoms with E-state index in [-0.39, 0.29) is 18.8 Å². The van der Waals surface area contributed by atoms with Gasteiger partial charge >= 0.3 is 5.97 Å². The summed E-state index contributed by atoms with van der Waals surface area (Å²) in [5, 5.41) is 2.68. The molecule has 0 bridgehead atoms. The first kappa shape index (κ1) is 16.7. The minimum absolute atomic E-state index is 0.00111. The highest BCUT2D eigenvalue weighted by atomic mass is 19.1. The summed E-state index contributed by atoms with van der Waals surface area (Å²) in [4.78, 5) is 23.4. The minimum Gasteiger partial charge on any atom is -0.455 e. The van der Waals surface area contributed by atoms with Crippen LogP contribution in [0.5, 0.6) is 0 Å². The Morgan fingerprint density at radius 2 is 1.83 bits per heavy atom. The second kappa shape index (κ2) is 8.08.